The summed E-state index contributed by atoms with van der Waals surface area (Å²) >= 11 is 6.14. The van der Waals surface area contributed by atoms with E-state index in [-0.39, 0.29) is 30.6 Å². The Labute approximate surface area is 260 Å². The minimum absolute atomic E-state index is 0.0380. The number of rotatable bonds is 12. The fourth-order valence-corrected chi connectivity index (χ4v) is 6.45. The molecule has 0 heterocycles. The van der Waals surface area contributed by atoms with Gasteiger partial charge in [0.15, 0.2) is 0 Å². The van der Waals surface area contributed by atoms with Gasteiger partial charge in [-0.1, -0.05) is 79.4 Å². The lowest BCUT2D eigenvalue weighted by molar-refractivity contribution is -0.140. The van der Waals surface area contributed by atoms with E-state index in [1.165, 1.54) is 12.0 Å². The number of anilines is 1. The van der Waals surface area contributed by atoms with Gasteiger partial charge in [-0.05, 0) is 60.7 Å². The van der Waals surface area contributed by atoms with E-state index in [4.69, 9.17) is 16.3 Å². The van der Waals surface area contributed by atoms with E-state index in [2.05, 4.69) is 5.32 Å². The Balaban J connectivity index is 1.75. The van der Waals surface area contributed by atoms with Gasteiger partial charge < -0.3 is 15.0 Å². The zero-order chi connectivity index (χ0) is 31.0. The van der Waals surface area contributed by atoms with Crippen LogP contribution >= 0.6 is 11.6 Å². The van der Waals surface area contributed by atoms with Gasteiger partial charge in [-0.25, -0.2) is 8.42 Å². The molecular weight excluding hydrogens is 586 g/mol. The van der Waals surface area contributed by atoms with Crippen molar-refractivity contribution in [1.29, 1.82) is 0 Å². The van der Waals surface area contributed by atoms with Crippen molar-refractivity contribution in [3.8, 4) is 5.75 Å². The molecule has 0 aliphatic heterocycles. The number of ether oxygens (including phenoxy) is 1. The SMILES string of the molecule is COc1ccc(C)cc1N(CC(=O)N(Cc1ccc(Cl)cc1)[C@H](Cc1ccccc1)C(=O)NC1CCCCC1)S(C)(=O)=O. The van der Waals surface area contributed by atoms with Crippen molar-refractivity contribution in [3.63, 3.8) is 0 Å². The van der Waals surface area contributed by atoms with Crippen LogP contribution in [0.4, 0.5) is 5.69 Å². The van der Waals surface area contributed by atoms with Gasteiger partial charge >= 0.3 is 0 Å². The molecule has 10 heteroatoms. The molecule has 0 saturated heterocycles. The molecular formula is C33H40ClN3O5S. The Kier molecular flexibility index (Phi) is 11.1. The molecule has 0 bridgehead atoms. The number of amides is 2. The second kappa shape index (κ2) is 14.8. The molecule has 0 unspecified atom stereocenters. The number of nitrogens with zero attached hydrogens (tertiary/aromatic N) is 2. The van der Waals surface area contributed by atoms with Gasteiger partial charge in [0.05, 0.1) is 19.1 Å². The minimum Gasteiger partial charge on any atom is -0.495 e. The van der Waals surface area contributed by atoms with Gasteiger partial charge in [-0.15, -0.1) is 0 Å². The highest BCUT2D eigenvalue weighted by Crippen LogP contribution is 2.31. The number of hydrogen-bond acceptors (Lipinski definition) is 5. The van der Waals surface area contributed by atoms with Crippen LogP contribution in [-0.4, -0.2) is 57.1 Å². The maximum absolute atomic E-state index is 14.3. The summed E-state index contributed by atoms with van der Waals surface area (Å²) in [5, 5.41) is 3.75. The van der Waals surface area contributed by atoms with Gasteiger partial charge in [0.1, 0.15) is 18.3 Å². The van der Waals surface area contributed by atoms with Crippen LogP contribution in [0.2, 0.25) is 5.02 Å². The molecule has 1 aliphatic rings. The Bertz CT molecular complexity index is 1490. The molecule has 0 spiro atoms. The average molecular weight is 626 g/mol. The first kappa shape index (κ1) is 32.4. The zero-order valence-corrected chi connectivity index (χ0v) is 26.5. The van der Waals surface area contributed by atoms with Crippen LogP contribution in [0.1, 0.15) is 48.8 Å². The van der Waals surface area contributed by atoms with Crippen LogP contribution in [0.5, 0.6) is 5.75 Å². The third kappa shape index (κ3) is 8.97. The number of carbonyl (C=O) groups is 2. The van der Waals surface area contributed by atoms with E-state index < -0.39 is 28.5 Å². The Morgan fingerprint density at radius 1 is 0.977 bits per heavy atom. The molecule has 2 amide bonds. The lowest BCUT2D eigenvalue weighted by atomic mass is 9.94. The lowest BCUT2D eigenvalue weighted by Gasteiger charge is -2.35. The highest BCUT2D eigenvalue weighted by Gasteiger charge is 2.34. The first-order chi connectivity index (χ1) is 20.5. The molecule has 1 atom stereocenters. The van der Waals surface area contributed by atoms with E-state index in [0.717, 1.165) is 59.4 Å². The molecule has 3 aromatic carbocycles. The van der Waals surface area contributed by atoms with Crippen LogP contribution in [0.15, 0.2) is 72.8 Å². The molecule has 1 aliphatic carbocycles. The predicted molar refractivity (Wildman–Crippen MR) is 171 cm³/mol. The molecule has 1 saturated carbocycles. The van der Waals surface area contributed by atoms with Crippen molar-refractivity contribution >= 4 is 39.1 Å². The lowest BCUT2D eigenvalue weighted by Crippen LogP contribution is -2.55. The van der Waals surface area contributed by atoms with Gasteiger partial charge in [0, 0.05) is 24.0 Å². The van der Waals surface area contributed by atoms with Crippen LogP contribution in [0, 0.1) is 6.92 Å². The minimum atomic E-state index is -3.91. The maximum atomic E-state index is 14.3. The Hall–Kier alpha value is -3.56. The number of aryl methyl sites for hydroxylation is 1. The highest BCUT2D eigenvalue weighted by atomic mass is 35.5. The third-order valence-electron chi connectivity index (χ3n) is 7.77. The summed E-state index contributed by atoms with van der Waals surface area (Å²) in [6.07, 6.45) is 6.35. The number of sulfonamides is 1. The van der Waals surface area contributed by atoms with Crippen LogP contribution in [0.25, 0.3) is 0 Å². The summed E-state index contributed by atoms with van der Waals surface area (Å²) in [6.45, 7) is 1.42. The van der Waals surface area contributed by atoms with Gasteiger partial charge in [0.2, 0.25) is 21.8 Å². The fourth-order valence-electron chi connectivity index (χ4n) is 5.47. The molecule has 0 aromatic heterocycles. The van der Waals surface area contributed by atoms with Crippen molar-refractivity contribution in [2.75, 3.05) is 24.2 Å². The predicted octanol–water partition coefficient (Wildman–Crippen LogP) is 5.51. The van der Waals surface area contributed by atoms with Crippen LogP contribution in [0.3, 0.4) is 0 Å². The summed E-state index contributed by atoms with van der Waals surface area (Å²) in [7, 11) is -2.46. The first-order valence-corrected chi connectivity index (χ1v) is 16.8. The fraction of sp³-hybridized carbons (Fsp3) is 0.394. The highest BCUT2D eigenvalue weighted by molar-refractivity contribution is 7.92. The van der Waals surface area contributed by atoms with Crippen molar-refractivity contribution in [1.82, 2.24) is 10.2 Å². The van der Waals surface area contributed by atoms with Gasteiger partial charge in [-0.3, -0.25) is 13.9 Å². The molecule has 3 aromatic rings. The summed E-state index contributed by atoms with van der Waals surface area (Å²) in [5.74, 6) is -0.440. The topological polar surface area (TPSA) is 96.0 Å². The zero-order valence-electron chi connectivity index (χ0n) is 25.0. The number of methoxy groups -OCH3 is 1. The Morgan fingerprint density at radius 2 is 1.65 bits per heavy atom. The number of halogens is 1. The molecule has 1 fully saturated rings. The van der Waals surface area contributed by atoms with Crippen molar-refractivity contribution < 1.29 is 22.7 Å². The Morgan fingerprint density at radius 3 is 2.28 bits per heavy atom. The van der Waals surface area contributed by atoms with E-state index in [9.17, 15) is 18.0 Å². The molecule has 0 radical (unpaired) electrons. The maximum Gasteiger partial charge on any atom is 0.244 e. The summed E-state index contributed by atoms with van der Waals surface area (Å²) in [6, 6.07) is 20.9. The number of benzene rings is 3. The van der Waals surface area contributed by atoms with E-state index in [0.29, 0.717) is 10.8 Å². The third-order valence-corrected chi connectivity index (χ3v) is 9.15. The second-order valence-electron chi connectivity index (χ2n) is 11.1. The van der Waals surface area contributed by atoms with E-state index in [1.54, 1.807) is 36.4 Å². The number of nitrogens with one attached hydrogen (secondary N) is 1. The molecule has 230 valence electrons. The van der Waals surface area contributed by atoms with E-state index in [1.807, 2.05) is 43.3 Å². The van der Waals surface area contributed by atoms with Crippen LogP contribution in [-0.2, 0) is 32.6 Å². The molecule has 8 nitrogen and oxygen atoms in total. The molecule has 1 N–H and O–H groups in total. The normalized spacial score (nSPS) is 14.5. The largest absolute Gasteiger partial charge is 0.495 e. The number of carbonyl (C=O) groups excluding carboxylic acids is 2. The second-order valence-corrected chi connectivity index (χ2v) is 13.5. The average Bonchev–Trinajstić information content (AvgIpc) is 2.99. The monoisotopic (exact) mass is 625 g/mol. The summed E-state index contributed by atoms with van der Waals surface area (Å²) in [5.41, 5.74) is 2.72. The van der Waals surface area contributed by atoms with Crippen LogP contribution < -0.4 is 14.4 Å². The summed E-state index contributed by atoms with van der Waals surface area (Å²) in [4.78, 5) is 29.9. The van der Waals surface area contributed by atoms with Crippen molar-refractivity contribution in [3.05, 3.63) is 94.5 Å². The first-order valence-electron chi connectivity index (χ1n) is 14.6. The standard InChI is InChI=1S/C33H40ClN3O5S/c1-24-14-19-31(42-2)29(20-24)37(43(3,40)41)23-32(38)36(22-26-15-17-27(34)18-16-26)30(21-25-10-6-4-7-11-25)33(39)35-28-12-8-5-9-13-28/h4,6-7,10-11,14-20,28,30H,5,8-9,12-13,21-23H2,1-3H3,(H,35,39)/t30-/m1/s1. The van der Waals surface area contributed by atoms with Gasteiger partial charge in [0.25, 0.3) is 0 Å². The van der Waals surface area contributed by atoms with E-state index >= 15 is 0 Å². The van der Waals surface area contributed by atoms with Crippen molar-refractivity contribution in [2.45, 2.75) is 64.1 Å². The molecule has 4 rings (SSSR count). The smallest absolute Gasteiger partial charge is 0.244 e. The number of hydrogen-bond donors (Lipinski definition) is 1. The van der Waals surface area contributed by atoms with Crippen molar-refractivity contribution in [2.24, 2.45) is 0 Å². The molecule has 43 heavy (non-hydrogen) atoms. The van der Waals surface area contributed by atoms with Gasteiger partial charge in [-0.2, -0.15) is 0 Å². The quantitative estimate of drug-likeness (QED) is 0.286. The summed E-state index contributed by atoms with van der Waals surface area (Å²) < 4.78 is 32.8.